The van der Waals surface area contributed by atoms with Gasteiger partial charge in [0.1, 0.15) is 5.76 Å². The summed E-state index contributed by atoms with van der Waals surface area (Å²) < 4.78 is 5.86. The van der Waals surface area contributed by atoms with E-state index < -0.39 is 0 Å². The Hall–Kier alpha value is -2.10. The monoisotopic (exact) mass is 354 g/mol. The number of rotatable bonds is 6. The minimum atomic E-state index is 0.178. The fraction of sp³-hybridized carbons (Fsp3) is 0.545. The summed E-state index contributed by atoms with van der Waals surface area (Å²) in [6.07, 6.45) is 9.50. The van der Waals surface area contributed by atoms with Crippen LogP contribution in [0.25, 0.3) is 11.5 Å². The van der Waals surface area contributed by atoms with Crippen LogP contribution in [0, 0.1) is 13.8 Å². The number of carbonyl (C=O) groups is 1. The van der Waals surface area contributed by atoms with Crippen LogP contribution in [-0.4, -0.2) is 16.9 Å². The summed E-state index contributed by atoms with van der Waals surface area (Å²) in [5, 5.41) is 3.22. The molecule has 0 saturated heterocycles. The summed E-state index contributed by atoms with van der Waals surface area (Å²) in [6, 6.07) is 8.49. The highest BCUT2D eigenvalue weighted by atomic mass is 16.4. The Morgan fingerprint density at radius 2 is 1.88 bits per heavy atom. The molecule has 0 spiro atoms. The Bertz CT molecular complexity index is 727. The van der Waals surface area contributed by atoms with Crippen LogP contribution in [0.5, 0.6) is 0 Å². The molecule has 140 valence electrons. The Balaban J connectivity index is 1.50. The van der Waals surface area contributed by atoms with Crippen LogP contribution < -0.4 is 5.32 Å². The predicted molar refractivity (Wildman–Crippen MR) is 104 cm³/mol. The van der Waals surface area contributed by atoms with E-state index in [0.717, 1.165) is 48.3 Å². The zero-order valence-corrected chi connectivity index (χ0v) is 16.0. The van der Waals surface area contributed by atoms with Gasteiger partial charge in [-0.2, -0.15) is 0 Å². The standard InChI is InChI=1S/C22H30N2O2/c1-16-10-7-8-13-19(16)22-24-20(17(2)26-22)14-9-15-21(25)23-18-11-5-3-4-6-12-18/h7-8,10,13,18H,3-6,9,11-12,14-15H2,1-2H3,(H,23,25). The highest BCUT2D eigenvalue weighted by Crippen LogP contribution is 2.25. The molecule has 4 nitrogen and oxygen atoms in total. The zero-order valence-electron chi connectivity index (χ0n) is 16.0. The fourth-order valence-corrected chi connectivity index (χ4v) is 3.73. The number of carbonyl (C=O) groups excluding carboxylic acids is 1. The molecule has 1 heterocycles. The summed E-state index contributed by atoms with van der Waals surface area (Å²) in [5.74, 6) is 1.71. The van der Waals surface area contributed by atoms with Gasteiger partial charge < -0.3 is 9.73 Å². The largest absolute Gasteiger partial charge is 0.441 e. The highest BCUT2D eigenvalue weighted by molar-refractivity contribution is 5.76. The van der Waals surface area contributed by atoms with E-state index >= 15 is 0 Å². The van der Waals surface area contributed by atoms with Crippen molar-refractivity contribution in [2.45, 2.75) is 77.7 Å². The number of amides is 1. The normalized spacial score (nSPS) is 15.6. The van der Waals surface area contributed by atoms with Crippen molar-refractivity contribution in [3.8, 4) is 11.5 Å². The molecule has 2 aromatic rings. The Kier molecular flexibility index (Phi) is 6.48. The van der Waals surface area contributed by atoms with E-state index in [-0.39, 0.29) is 5.91 Å². The molecule has 0 radical (unpaired) electrons. The maximum absolute atomic E-state index is 12.2. The number of benzene rings is 1. The van der Waals surface area contributed by atoms with Crippen LogP contribution in [0.3, 0.4) is 0 Å². The lowest BCUT2D eigenvalue weighted by Gasteiger charge is -2.15. The van der Waals surface area contributed by atoms with Crippen LogP contribution in [0.2, 0.25) is 0 Å². The number of aryl methyl sites for hydroxylation is 3. The summed E-state index contributed by atoms with van der Waals surface area (Å²) >= 11 is 0. The van der Waals surface area contributed by atoms with Crippen molar-refractivity contribution < 1.29 is 9.21 Å². The van der Waals surface area contributed by atoms with E-state index in [4.69, 9.17) is 4.42 Å². The molecule has 1 N–H and O–H groups in total. The second-order valence-corrected chi connectivity index (χ2v) is 7.45. The van der Waals surface area contributed by atoms with Gasteiger partial charge in [0.15, 0.2) is 0 Å². The van der Waals surface area contributed by atoms with Crippen molar-refractivity contribution in [3.05, 3.63) is 41.3 Å². The van der Waals surface area contributed by atoms with Gasteiger partial charge in [-0.3, -0.25) is 4.79 Å². The van der Waals surface area contributed by atoms with Gasteiger partial charge in [0, 0.05) is 18.0 Å². The molecule has 1 saturated carbocycles. The summed E-state index contributed by atoms with van der Waals surface area (Å²) in [5.41, 5.74) is 3.15. The number of oxazole rings is 1. The van der Waals surface area contributed by atoms with Crippen LogP contribution in [0.15, 0.2) is 28.7 Å². The Morgan fingerprint density at radius 3 is 2.62 bits per heavy atom. The SMILES string of the molecule is Cc1ccccc1-c1nc(CCCC(=O)NC2CCCCCC2)c(C)o1. The van der Waals surface area contributed by atoms with Crippen molar-refractivity contribution in [1.29, 1.82) is 0 Å². The van der Waals surface area contributed by atoms with Gasteiger partial charge >= 0.3 is 0 Å². The van der Waals surface area contributed by atoms with Crippen molar-refractivity contribution in [2.24, 2.45) is 0 Å². The highest BCUT2D eigenvalue weighted by Gasteiger charge is 2.16. The number of nitrogens with zero attached hydrogens (tertiary/aromatic N) is 1. The lowest BCUT2D eigenvalue weighted by molar-refractivity contribution is -0.122. The number of hydrogen-bond donors (Lipinski definition) is 1. The molecule has 0 unspecified atom stereocenters. The average molecular weight is 354 g/mol. The first-order valence-electron chi connectivity index (χ1n) is 9.95. The third-order valence-corrected chi connectivity index (χ3v) is 5.31. The maximum Gasteiger partial charge on any atom is 0.226 e. The van der Waals surface area contributed by atoms with E-state index in [0.29, 0.717) is 18.4 Å². The summed E-state index contributed by atoms with van der Waals surface area (Å²) in [4.78, 5) is 16.9. The molecule has 4 heteroatoms. The van der Waals surface area contributed by atoms with E-state index in [2.05, 4.69) is 23.3 Å². The summed E-state index contributed by atoms with van der Waals surface area (Å²) in [6.45, 7) is 4.02. The first kappa shape index (κ1) is 18.7. The van der Waals surface area contributed by atoms with Crippen LogP contribution in [-0.2, 0) is 11.2 Å². The fourth-order valence-electron chi connectivity index (χ4n) is 3.73. The van der Waals surface area contributed by atoms with Gasteiger partial charge in [0.2, 0.25) is 11.8 Å². The van der Waals surface area contributed by atoms with E-state index in [1.54, 1.807) is 0 Å². The van der Waals surface area contributed by atoms with Crippen LogP contribution in [0.1, 0.15) is 68.4 Å². The van der Waals surface area contributed by atoms with Gasteiger partial charge in [-0.1, -0.05) is 43.9 Å². The molecule has 1 fully saturated rings. The number of hydrogen-bond acceptors (Lipinski definition) is 3. The molecule has 3 rings (SSSR count). The average Bonchev–Trinajstić information content (AvgIpc) is 2.82. The first-order valence-corrected chi connectivity index (χ1v) is 9.95. The lowest BCUT2D eigenvalue weighted by atomic mass is 10.1. The second kappa shape index (κ2) is 9.02. The van der Waals surface area contributed by atoms with E-state index in [1.165, 1.54) is 25.7 Å². The number of nitrogens with one attached hydrogen (secondary N) is 1. The molecule has 1 aliphatic carbocycles. The van der Waals surface area contributed by atoms with Gasteiger partial charge in [0.25, 0.3) is 0 Å². The quantitative estimate of drug-likeness (QED) is 0.733. The van der Waals surface area contributed by atoms with Crippen molar-refractivity contribution in [2.75, 3.05) is 0 Å². The van der Waals surface area contributed by atoms with E-state index in [9.17, 15) is 4.79 Å². The van der Waals surface area contributed by atoms with Gasteiger partial charge in [-0.05, 0) is 51.2 Å². The molecule has 0 aliphatic heterocycles. The first-order chi connectivity index (χ1) is 12.6. The third-order valence-electron chi connectivity index (χ3n) is 5.31. The van der Waals surface area contributed by atoms with Crippen molar-refractivity contribution >= 4 is 5.91 Å². The third kappa shape index (κ3) is 4.96. The predicted octanol–water partition coefficient (Wildman–Crippen LogP) is 5.12. The van der Waals surface area contributed by atoms with Crippen molar-refractivity contribution in [3.63, 3.8) is 0 Å². The minimum absolute atomic E-state index is 0.178. The smallest absolute Gasteiger partial charge is 0.226 e. The van der Waals surface area contributed by atoms with Crippen LogP contribution in [0.4, 0.5) is 0 Å². The topological polar surface area (TPSA) is 55.1 Å². The molecule has 26 heavy (non-hydrogen) atoms. The minimum Gasteiger partial charge on any atom is -0.441 e. The molecule has 1 aliphatic rings. The molecule has 1 aromatic heterocycles. The number of aromatic nitrogens is 1. The molecular formula is C22H30N2O2. The van der Waals surface area contributed by atoms with Gasteiger partial charge in [-0.15, -0.1) is 0 Å². The Morgan fingerprint density at radius 1 is 1.15 bits per heavy atom. The second-order valence-electron chi connectivity index (χ2n) is 7.45. The molecular weight excluding hydrogens is 324 g/mol. The van der Waals surface area contributed by atoms with E-state index in [1.807, 2.05) is 25.1 Å². The summed E-state index contributed by atoms with van der Waals surface area (Å²) in [7, 11) is 0. The molecule has 1 amide bonds. The maximum atomic E-state index is 12.2. The van der Waals surface area contributed by atoms with Crippen molar-refractivity contribution in [1.82, 2.24) is 10.3 Å². The Labute approximate surface area is 156 Å². The molecule has 0 bridgehead atoms. The van der Waals surface area contributed by atoms with Gasteiger partial charge in [0.05, 0.1) is 5.69 Å². The molecule has 0 atom stereocenters. The lowest BCUT2D eigenvalue weighted by Crippen LogP contribution is -2.34. The zero-order chi connectivity index (χ0) is 18.4. The molecule has 1 aromatic carbocycles. The van der Waals surface area contributed by atoms with Crippen LogP contribution >= 0.6 is 0 Å². The van der Waals surface area contributed by atoms with Gasteiger partial charge in [-0.25, -0.2) is 4.98 Å².